The Morgan fingerprint density at radius 1 is 1.53 bits per heavy atom. The van der Waals surface area contributed by atoms with E-state index in [4.69, 9.17) is 0 Å². The van der Waals surface area contributed by atoms with Crippen LogP contribution in [0.1, 0.15) is 52.9 Å². The summed E-state index contributed by atoms with van der Waals surface area (Å²) in [5, 5.41) is 13.5. The van der Waals surface area contributed by atoms with Crippen molar-refractivity contribution in [1.82, 2.24) is 5.32 Å². The molecule has 1 aliphatic rings. The van der Waals surface area contributed by atoms with Crippen molar-refractivity contribution in [2.24, 2.45) is 5.92 Å². The summed E-state index contributed by atoms with van der Waals surface area (Å²) in [6.45, 7) is 7.67. The van der Waals surface area contributed by atoms with Crippen LogP contribution in [0.5, 0.6) is 0 Å². The summed E-state index contributed by atoms with van der Waals surface area (Å²) in [5.41, 5.74) is -0.217. The maximum Gasteiger partial charge on any atom is 0.107 e. The molecular weight excluding hydrogens is 228 g/mol. The van der Waals surface area contributed by atoms with Crippen LogP contribution in [-0.4, -0.2) is 23.1 Å². The predicted octanol–water partition coefficient (Wildman–Crippen LogP) is 3.58. The fourth-order valence-corrected chi connectivity index (χ4v) is 3.91. The average Bonchev–Trinajstić information content (AvgIpc) is 2.71. The highest BCUT2D eigenvalue weighted by Crippen LogP contribution is 2.37. The molecule has 0 amide bonds. The first-order valence-corrected chi connectivity index (χ1v) is 7.94. The number of hydrogen-bond donors (Lipinski definition) is 1. The van der Waals surface area contributed by atoms with Gasteiger partial charge in [-0.2, -0.15) is 17.0 Å². The zero-order valence-electron chi connectivity index (χ0n) is 11.5. The van der Waals surface area contributed by atoms with Crippen molar-refractivity contribution in [2.45, 2.75) is 63.7 Å². The second-order valence-electron chi connectivity index (χ2n) is 5.54. The Labute approximate surface area is 111 Å². The molecule has 1 saturated carbocycles. The molecule has 0 aromatic rings. The van der Waals surface area contributed by atoms with Crippen LogP contribution in [0.4, 0.5) is 0 Å². The summed E-state index contributed by atoms with van der Waals surface area (Å²) in [5.74, 6) is 2.04. The molecular formula is C14H26N2S. The first-order chi connectivity index (χ1) is 8.12. The highest BCUT2D eigenvalue weighted by Gasteiger charge is 2.38. The summed E-state index contributed by atoms with van der Waals surface area (Å²) in [4.78, 5) is 0. The monoisotopic (exact) mass is 254 g/mol. The Morgan fingerprint density at radius 2 is 2.29 bits per heavy atom. The van der Waals surface area contributed by atoms with Gasteiger partial charge in [0.2, 0.25) is 0 Å². The quantitative estimate of drug-likeness (QED) is 0.754. The summed E-state index contributed by atoms with van der Waals surface area (Å²) >= 11 is 2.07. The molecule has 98 valence electrons. The lowest BCUT2D eigenvalue weighted by Crippen LogP contribution is -2.42. The molecule has 2 unspecified atom stereocenters. The summed E-state index contributed by atoms with van der Waals surface area (Å²) in [6.07, 6.45) is 5.67. The van der Waals surface area contributed by atoms with Gasteiger partial charge in [0.05, 0.1) is 6.07 Å². The largest absolute Gasteiger partial charge is 0.299 e. The number of thioether (sulfide) groups is 1. The van der Waals surface area contributed by atoms with Gasteiger partial charge in [-0.1, -0.05) is 20.8 Å². The van der Waals surface area contributed by atoms with E-state index >= 15 is 0 Å². The molecule has 0 radical (unpaired) electrons. The van der Waals surface area contributed by atoms with Crippen LogP contribution in [0.2, 0.25) is 0 Å². The molecule has 0 aliphatic heterocycles. The second-order valence-corrected chi connectivity index (χ2v) is 6.95. The molecule has 2 atom stereocenters. The molecule has 0 aromatic heterocycles. The van der Waals surface area contributed by atoms with E-state index in [1.807, 2.05) is 0 Å². The fraction of sp³-hybridized carbons (Fsp3) is 0.929. The van der Waals surface area contributed by atoms with E-state index in [-0.39, 0.29) is 5.54 Å². The minimum atomic E-state index is -0.217. The first-order valence-electron chi connectivity index (χ1n) is 6.90. The van der Waals surface area contributed by atoms with Crippen LogP contribution in [-0.2, 0) is 0 Å². The van der Waals surface area contributed by atoms with Gasteiger partial charge in [0.25, 0.3) is 0 Å². The SMILES string of the molecule is CCCNC1(C#N)CCC(SCCC(C)C)C1. The van der Waals surface area contributed by atoms with Crippen molar-refractivity contribution >= 4 is 11.8 Å². The smallest absolute Gasteiger partial charge is 0.107 e. The van der Waals surface area contributed by atoms with Crippen molar-refractivity contribution in [1.29, 1.82) is 5.26 Å². The highest BCUT2D eigenvalue weighted by atomic mass is 32.2. The molecule has 0 aromatic carbocycles. The normalized spacial score (nSPS) is 28.5. The molecule has 0 spiro atoms. The lowest BCUT2D eigenvalue weighted by atomic mass is 10.00. The third kappa shape index (κ3) is 4.89. The van der Waals surface area contributed by atoms with Gasteiger partial charge >= 0.3 is 0 Å². The first kappa shape index (κ1) is 14.9. The van der Waals surface area contributed by atoms with E-state index in [1.165, 1.54) is 18.6 Å². The van der Waals surface area contributed by atoms with Gasteiger partial charge in [-0.25, -0.2) is 0 Å². The average molecular weight is 254 g/mol. The van der Waals surface area contributed by atoms with Crippen LogP contribution in [0.15, 0.2) is 0 Å². The predicted molar refractivity (Wildman–Crippen MR) is 76.2 cm³/mol. The Balaban J connectivity index is 2.31. The molecule has 0 saturated heterocycles. The Kier molecular flexibility index (Phi) is 6.37. The van der Waals surface area contributed by atoms with Gasteiger partial charge < -0.3 is 0 Å². The van der Waals surface area contributed by atoms with Gasteiger partial charge in [-0.15, -0.1) is 0 Å². The Bertz CT molecular complexity index is 259. The van der Waals surface area contributed by atoms with Crippen molar-refractivity contribution in [3.63, 3.8) is 0 Å². The lowest BCUT2D eigenvalue weighted by Gasteiger charge is -2.22. The maximum atomic E-state index is 9.35. The molecule has 3 heteroatoms. The topological polar surface area (TPSA) is 35.8 Å². The second kappa shape index (κ2) is 7.28. The minimum absolute atomic E-state index is 0.217. The van der Waals surface area contributed by atoms with Gasteiger partial charge in [-0.05, 0) is 50.3 Å². The van der Waals surface area contributed by atoms with Gasteiger partial charge in [0.15, 0.2) is 0 Å². The Hall–Kier alpha value is -0.200. The van der Waals surface area contributed by atoms with E-state index in [2.05, 4.69) is 43.9 Å². The molecule has 0 bridgehead atoms. The van der Waals surface area contributed by atoms with Crippen molar-refractivity contribution in [3.8, 4) is 6.07 Å². The minimum Gasteiger partial charge on any atom is -0.299 e. The third-order valence-corrected chi connectivity index (χ3v) is 4.79. The zero-order chi connectivity index (χ0) is 12.7. The maximum absolute atomic E-state index is 9.35. The molecule has 1 aliphatic carbocycles. The van der Waals surface area contributed by atoms with Crippen LogP contribution in [0.25, 0.3) is 0 Å². The van der Waals surface area contributed by atoms with Gasteiger partial charge in [-0.3, -0.25) is 5.32 Å². The number of rotatable bonds is 7. The molecule has 1 fully saturated rings. The summed E-state index contributed by atoms with van der Waals surface area (Å²) in [6, 6.07) is 2.52. The van der Waals surface area contributed by atoms with Gasteiger partial charge in [0.1, 0.15) is 5.54 Å². The van der Waals surface area contributed by atoms with E-state index in [0.29, 0.717) is 5.25 Å². The van der Waals surface area contributed by atoms with E-state index in [0.717, 1.165) is 31.7 Å². The van der Waals surface area contributed by atoms with Crippen LogP contribution < -0.4 is 5.32 Å². The summed E-state index contributed by atoms with van der Waals surface area (Å²) < 4.78 is 0. The van der Waals surface area contributed by atoms with Crippen LogP contribution >= 0.6 is 11.8 Å². The standard InChI is InChI=1S/C14H26N2S/c1-4-8-16-14(11-15)7-5-13(10-14)17-9-6-12(2)3/h12-13,16H,4-10H2,1-3H3. The van der Waals surface area contributed by atoms with Crippen LogP contribution in [0.3, 0.4) is 0 Å². The number of hydrogen-bond acceptors (Lipinski definition) is 3. The van der Waals surface area contributed by atoms with E-state index in [1.54, 1.807) is 0 Å². The third-order valence-electron chi connectivity index (χ3n) is 3.45. The molecule has 1 N–H and O–H groups in total. The fourth-order valence-electron chi connectivity index (χ4n) is 2.28. The molecule has 0 heterocycles. The summed E-state index contributed by atoms with van der Waals surface area (Å²) in [7, 11) is 0. The van der Waals surface area contributed by atoms with E-state index < -0.39 is 0 Å². The molecule has 17 heavy (non-hydrogen) atoms. The lowest BCUT2D eigenvalue weighted by molar-refractivity contribution is 0.424. The van der Waals surface area contributed by atoms with Crippen LogP contribution in [0, 0.1) is 17.2 Å². The van der Waals surface area contributed by atoms with Crippen molar-refractivity contribution in [2.75, 3.05) is 12.3 Å². The number of nitrogens with zero attached hydrogens (tertiary/aromatic N) is 1. The Morgan fingerprint density at radius 3 is 2.88 bits per heavy atom. The van der Waals surface area contributed by atoms with Gasteiger partial charge in [0, 0.05) is 5.25 Å². The zero-order valence-corrected chi connectivity index (χ0v) is 12.3. The van der Waals surface area contributed by atoms with E-state index in [9.17, 15) is 5.26 Å². The van der Waals surface area contributed by atoms with Crippen molar-refractivity contribution in [3.05, 3.63) is 0 Å². The highest BCUT2D eigenvalue weighted by molar-refractivity contribution is 7.99. The van der Waals surface area contributed by atoms with Crippen molar-refractivity contribution < 1.29 is 0 Å². The molecule has 1 rings (SSSR count). The molecule has 2 nitrogen and oxygen atoms in total. The number of nitriles is 1. The number of nitrogens with one attached hydrogen (secondary N) is 1.